The van der Waals surface area contributed by atoms with E-state index in [0.29, 0.717) is 33.0 Å². The van der Waals surface area contributed by atoms with Crippen LogP contribution in [0.15, 0.2) is 91.0 Å². The molecule has 0 spiro atoms. The summed E-state index contributed by atoms with van der Waals surface area (Å²) in [5.74, 6) is 0. The monoisotopic (exact) mass is 494 g/mol. The van der Waals surface area contributed by atoms with Gasteiger partial charge in [-0.25, -0.2) is 0 Å². The number of rotatable bonds is 12. The van der Waals surface area contributed by atoms with Crippen molar-refractivity contribution in [3.63, 3.8) is 0 Å². The zero-order chi connectivity index (χ0) is 24.3. The van der Waals surface area contributed by atoms with Gasteiger partial charge in [0.05, 0.1) is 26.4 Å². The molecule has 5 nitrogen and oxygen atoms in total. The normalized spacial score (nSPS) is 24.3. The van der Waals surface area contributed by atoms with Crippen LogP contribution in [0.3, 0.4) is 0 Å². The lowest BCUT2D eigenvalue weighted by Gasteiger charge is -2.44. The molecular formula is C29H34O5S. The minimum atomic E-state index is -0.485. The van der Waals surface area contributed by atoms with E-state index in [2.05, 4.69) is 0 Å². The minimum Gasteiger partial charge on any atom is -0.374 e. The SMILES string of the molecule is CCO[C@@H]1[C@H](OCc2ccccc2)[C@@H](OCc2ccccc2)[C@H](S)O[C@@H]1COCc1ccccc1. The summed E-state index contributed by atoms with van der Waals surface area (Å²) >= 11 is 4.76. The van der Waals surface area contributed by atoms with Crippen LogP contribution >= 0.6 is 12.6 Å². The third-order valence-corrected chi connectivity index (χ3v) is 6.35. The van der Waals surface area contributed by atoms with E-state index in [9.17, 15) is 0 Å². The molecule has 1 aliphatic heterocycles. The molecule has 186 valence electrons. The van der Waals surface area contributed by atoms with Crippen LogP contribution in [0.4, 0.5) is 0 Å². The zero-order valence-electron chi connectivity index (χ0n) is 20.1. The highest BCUT2D eigenvalue weighted by molar-refractivity contribution is 7.80. The maximum atomic E-state index is 6.47. The van der Waals surface area contributed by atoms with E-state index in [4.69, 9.17) is 36.3 Å². The maximum absolute atomic E-state index is 6.47. The molecule has 1 fully saturated rings. The Labute approximate surface area is 213 Å². The molecule has 0 aliphatic carbocycles. The van der Waals surface area contributed by atoms with Crippen molar-refractivity contribution in [3.05, 3.63) is 108 Å². The fourth-order valence-electron chi connectivity index (χ4n) is 4.19. The summed E-state index contributed by atoms with van der Waals surface area (Å²) in [6.45, 7) is 4.25. The molecule has 0 aromatic heterocycles. The fraction of sp³-hybridized carbons (Fsp3) is 0.379. The van der Waals surface area contributed by atoms with Gasteiger partial charge in [0, 0.05) is 6.61 Å². The average Bonchev–Trinajstić information content (AvgIpc) is 2.90. The summed E-state index contributed by atoms with van der Waals surface area (Å²) in [4.78, 5) is 0. The second kappa shape index (κ2) is 13.8. The van der Waals surface area contributed by atoms with E-state index in [1.807, 2.05) is 97.9 Å². The van der Waals surface area contributed by atoms with Crippen molar-refractivity contribution < 1.29 is 23.7 Å². The molecule has 4 rings (SSSR count). The first-order valence-electron chi connectivity index (χ1n) is 12.1. The molecular weight excluding hydrogens is 460 g/mol. The van der Waals surface area contributed by atoms with Crippen LogP contribution in [-0.2, 0) is 43.5 Å². The van der Waals surface area contributed by atoms with Crippen LogP contribution < -0.4 is 0 Å². The quantitative estimate of drug-likeness (QED) is 0.340. The first-order chi connectivity index (χ1) is 17.2. The summed E-state index contributed by atoms with van der Waals surface area (Å²) in [7, 11) is 0. The first-order valence-corrected chi connectivity index (χ1v) is 12.6. The second-order valence-corrected chi connectivity index (χ2v) is 9.02. The molecule has 0 radical (unpaired) electrons. The molecule has 1 saturated heterocycles. The van der Waals surface area contributed by atoms with Gasteiger partial charge in [-0.15, -0.1) is 12.6 Å². The van der Waals surface area contributed by atoms with Gasteiger partial charge in [-0.3, -0.25) is 0 Å². The summed E-state index contributed by atoms with van der Waals surface area (Å²) in [5, 5.41) is 0. The molecule has 3 aromatic carbocycles. The Kier molecular flexibility index (Phi) is 10.2. The summed E-state index contributed by atoms with van der Waals surface area (Å²) < 4.78 is 31.3. The van der Waals surface area contributed by atoms with E-state index >= 15 is 0 Å². The molecule has 0 unspecified atom stereocenters. The predicted octanol–water partition coefficient (Wildman–Crippen LogP) is 5.43. The molecule has 0 saturated carbocycles. The van der Waals surface area contributed by atoms with Crippen molar-refractivity contribution in [1.82, 2.24) is 0 Å². The van der Waals surface area contributed by atoms with Gasteiger partial charge in [-0.2, -0.15) is 0 Å². The molecule has 5 atom stereocenters. The van der Waals surface area contributed by atoms with Gasteiger partial charge in [0.1, 0.15) is 29.9 Å². The van der Waals surface area contributed by atoms with E-state index in [1.165, 1.54) is 0 Å². The Balaban J connectivity index is 1.47. The molecule has 0 amide bonds. The van der Waals surface area contributed by atoms with Gasteiger partial charge < -0.3 is 23.7 Å². The summed E-state index contributed by atoms with van der Waals surface area (Å²) in [6, 6.07) is 30.3. The molecule has 35 heavy (non-hydrogen) atoms. The van der Waals surface area contributed by atoms with Gasteiger partial charge in [-0.05, 0) is 23.6 Å². The van der Waals surface area contributed by atoms with Gasteiger partial charge in [0.2, 0.25) is 0 Å². The smallest absolute Gasteiger partial charge is 0.129 e. The van der Waals surface area contributed by atoms with E-state index in [-0.39, 0.29) is 18.3 Å². The topological polar surface area (TPSA) is 46.2 Å². The minimum absolute atomic E-state index is 0.335. The third kappa shape index (κ3) is 7.64. The zero-order valence-corrected chi connectivity index (χ0v) is 21.0. The maximum Gasteiger partial charge on any atom is 0.129 e. The molecule has 1 aliphatic rings. The van der Waals surface area contributed by atoms with Gasteiger partial charge in [0.15, 0.2) is 0 Å². The van der Waals surface area contributed by atoms with Crippen LogP contribution in [-0.4, -0.2) is 43.1 Å². The van der Waals surface area contributed by atoms with Crippen LogP contribution in [0, 0.1) is 0 Å². The van der Waals surface area contributed by atoms with E-state index in [0.717, 1.165) is 16.7 Å². The Bertz CT molecular complexity index is 972. The number of hydrogen-bond acceptors (Lipinski definition) is 6. The van der Waals surface area contributed by atoms with Crippen molar-refractivity contribution in [3.8, 4) is 0 Å². The number of benzene rings is 3. The standard InChI is InChI=1S/C29H34O5S/c1-2-31-26-25(21-30-18-22-12-6-3-7-13-22)34-29(35)28(33-20-24-16-10-5-11-17-24)27(26)32-19-23-14-8-4-9-15-23/h3-17,25-29,35H,2,18-21H2,1H3/t25-,26+,27+,28-,29+/m1/s1. The molecule has 0 bridgehead atoms. The van der Waals surface area contributed by atoms with Gasteiger partial charge in [-0.1, -0.05) is 91.0 Å². The summed E-state index contributed by atoms with van der Waals surface area (Å²) in [6.07, 6.45) is -1.48. The van der Waals surface area contributed by atoms with Crippen LogP contribution in [0.1, 0.15) is 23.6 Å². The van der Waals surface area contributed by atoms with Crippen LogP contribution in [0.5, 0.6) is 0 Å². The molecule has 0 N–H and O–H groups in total. The third-order valence-electron chi connectivity index (χ3n) is 5.93. The largest absolute Gasteiger partial charge is 0.374 e. The van der Waals surface area contributed by atoms with E-state index < -0.39 is 11.5 Å². The number of ether oxygens (including phenoxy) is 5. The van der Waals surface area contributed by atoms with Crippen molar-refractivity contribution in [2.75, 3.05) is 13.2 Å². The lowest BCUT2D eigenvalue weighted by molar-refractivity contribution is -0.251. The lowest BCUT2D eigenvalue weighted by atomic mass is 9.99. The van der Waals surface area contributed by atoms with Crippen molar-refractivity contribution in [2.24, 2.45) is 0 Å². The Morgan fingerprint density at radius 2 is 1.11 bits per heavy atom. The van der Waals surface area contributed by atoms with Gasteiger partial charge in [0.25, 0.3) is 0 Å². The van der Waals surface area contributed by atoms with Crippen LogP contribution in [0.2, 0.25) is 0 Å². The first kappa shape index (κ1) is 25.9. The molecule has 6 heteroatoms. The van der Waals surface area contributed by atoms with E-state index in [1.54, 1.807) is 0 Å². The lowest BCUT2D eigenvalue weighted by Crippen LogP contribution is -2.59. The van der Waals surface area contributed by atoms with Gasteiger partial charge >= 0.3 is 0 Å². The molecule has 3 aromatic rings. The Hall–Kier alpha value is -2.19. The van der Waals surface area contributed by atoms with Crippen molar-refractivity contribution >= 4 is 12.6 Å². The highest BCUT2D eigenvalue weighted by Gasteiger charge is 2.47. The Morgan fingerprint density at radius 1 is 0.629 bits per heavy atom. The highest BCUT2D eigenvalue weighted by Crippen LogP contribution is 2.31. The van der Waals surface area contributed by atoms with Crippen LogP contribution in [0.25, 0.3) is 0 Å². The predicted molar refractivity (Wildman–Crippen MR) is 139 cm³/mol. The Morgan fingerprint density at radius 3 is 1.63 bits per heavy atom. The highest BCUT2D eigenvalue weighted by atomic mass is 32.1. The summed E-state index contributed by atoms with van der Waals surface area (Å²) in [5.41, 5.74) is 2.79. The second-order valence-electron chi connectivity index (χ2n) is 8.51. The average molecular weight is 495 g/mol. The fourth-order valence-corrected chi connectivity index (χ4v) is 4.60. The number of thiol groups is 1. The van der Waals surface area contributed by atoms with Crippen molar-refractivity contribution in [2.45, 2.75) is 56.6 Å². The number of hydrogen-bond donors (Lipinski definition) is 1. The van der Waals surface area contributed by atoms with Crippen molar-refractivity contribution in [1.29, 1.82) is 0 Å². The molecule has 1 heterocycles.